The van der Waals surface area contributed by atoms with E-state index >= 15 is 0 Å². The molecule has 0 bridgehead atoms. The highest BCUT2D eigenvalue weighted by Gasteiger charge is 2.05. The average Bonchev–Trinajstić information content (AvgIpc) is 2.28. The summed E-state index contributed by atoms with van der Waals surface area (Å²) in [6, 6.07) is 8.02. The number of hydrogen-bond acceptors (Lipinski definition) is 2. The molecule has 0 atom stereocenters. The number of hydrogen-bond donors (Lipinski definition) is 0. The van der Waals surface area contributed by atoms with E-state index in [9.17, 15) is 4.39 Å². The van der Waals surface area contributed by atoms with Crippen molar-refractivity contribution in [2.45, 2.75) is 12.8 Å². The van der Waals surface area contributed by atoms with Crippen LogP contribution in [0.3, 0.4) is 0 Å². The number of halogens is 2. The standard InChI is InChI=1S/C12H10ClFN2/c1-8-5-11(7-13)16-12(15-8)9-3-2-4-10(14)6-9/h2-6H,7H2,1H3. The molecule has 0 unspecified atom stereocenters. The topological polar surface area (TPSA) is 25.8 Å². The Balaban J connectivity index is 2.51. The van der Waals surface area contributed by atoms with Crippen molar-refractivity contribution >= 4 is 11.6 Å². The SMILES string of the molecule is Cc1cc(CCl)nc(-c2cccc(F)c2)n1. The van der Waals surface area contributed by atoms with Crippen LogP contribution in [0, 0.1) is 12.7 Å². The maximum absolute atomic E-state index is 13.1. The fraction of sp³-hybridized carbons (Fsp3) is 0.167. The quantitative estimate of drug-likeness (QED) is 0.748. The molecule has 0 aliphatic carbocycles. The van der Waals surface area contributed by atoms with E-state index in [4.69, 9.17) is 11.6 Å². The molecule has 0 saturated carbocycles. The fourth-order valence-electron chi connectivity index (χ4n) is 1.46. The van der Waals surface area contributed by atoms with Crippen molar-refractivity contribution in [3.8, 4) is 11.4 Å². The van der Waals surface area contributed by atoms with E-state index in [1.165, 1.54) is 12.1 Å². The van der Waals surface area contributed by atoms with Crippen LogP contribution in [-0.2, 0) is 5.88 Å². The lowest BCUT2D eigenvalue weighted by Crippen LogP contribution is -1.96. The predicted molar refractivity (Wildman–Crippen MR) is 61.7 cm³/mol. The van der Waals surface area contributed by atoms with E-state index < -0.39 is 0 Å². The number of aromatic nitrogens is 2. The Labute approximate surface area is 98.1 Å². The first-order valence-corrected chi connectivity index (χ1v) is 5.39. The third-order valence-corrected chi connectivity index (χ3v) is 2.40. The maximum Gasteiger partial charge on any atom is 0.159 e. The van der Waals surface area contributed by atoms with Crippen molar-refractivity contribution in [3.05, 3.63) is 47.5 Å². The molecule has 0 radical (unpaired) electrons. The van der Waals surface area contributed by atoms with E-state index in [2.05, 4.69) is 9.97 Å². The molecule has 1 aromatic heterocycles. The van der Waals surface area contributed by atoms with Crippen LogP contribution in [0.2, 0.25) is 0 Å². The van der Waals surface area contributed by atoms with Gasteiger partial charge in [0.05, 0.1) is 11.6 Å². The molecule has 2 aromatic rings. The van der Waals surface area contributed by atoms with Gasteiger partial charge in [0.1, 0.15) is 5.82 Å². The minimum absolute atomic E-state index is 0.296. The Morgan fingerprint density at radius 2 is 2.06 bits per heavy atom. The Hall–Kier alpha value is -1.48. The minimum atomic E-state index is -0.296. The second-order valence-electron chi connectivity index (χ2n) is 3.47. The summed E-state index contributed by atoms with van der Waals surface area (Å²) in [5.74, 6) is 0.538. The zero-order valence-corrected chi connectivity index (χ0v) is 9.50. The number of aryl methyl sites for hydroxylation is 1. The van der Waals surface area contributed by atoms with E-state index in [1.54, 1.807) is 12.1 Å². The van der Waals surface area contributed by atoms with Crippen molar-refractivity contribution in [3.63, 3.8) is 0 Å². The minimum Gasteiger partial charge on any atom is -0.233 e. The lowest BCUT2D eigenvalue weighted by Gasteiger charge is -2.04. The second-order valence-corrected chi connectivity index (χ2v) is 3.74. The van der Waals surface area contributed by atoms with Crippen LogP contribution in [0.1, 0.15) is 11.4 Å². The van der Waals surface area contributed by atoms with Gasteiger partial charge in [-0.25, -0.2) is 14.4 Å². The van der Waals surface area contributed by atoms with E-state index in [0.29, 0.717) is 17.3 Å². The summed E-state index contributed by atoms with van der Waals surface area (Å²) in [6.07, 6.45) is 0. The van der Waals surface area contributed by atoms with Gasteiger partial charge in [0.15, 0.2) is 5.82 Å². The molecule has 0 aliphatic heterocycles. The molecule has 0 fully saturated rings. The highest BCUT2D eigenvalue weighted by atomic mass is 35.5. The van der Waals surface area contributed by atoms with Crippen LogP contribution in [0.4, 0.5) is 4.39 Å². The molecule has 2 nitrogen and oxygen atoms in total. The van der Waals surface area contributed by atoms with E-state index in [-0.39, 0.29) is 5.82 Å². The van der Waals surface area contributed by atoms with E-state index in [1.807, 2.05) is 13.0 Å². The number of benzene rings is 1. The molecule has 0 spiro atoms. The van der Waals surface area contributed by atoms with Gasteiger partial charge in [0, 0.05) is 11.3 Å². The maximum atomic E-state index is 13.1. The number of nitrogens with zero attached hydrogens (tertiary/aromatic N) is 2. The van der Waals surface area contributed by atoms with Crippen molar-refractivity contribution in [2.75, 3.05) is 0 Å². The summed E-state index contributed by atoms with van der Waals surface area (Å²) in [7, 11) is 0. The summed E-state index contributed by atoms with van der Waals surface area (Å²) in [4.78, 5) is 8.51. The van der Waals surface area contributed by atoms with Crippen LogP contribution in [0.5, 0.6) is 0 Å². The van der Waals surface area contributed by atoms with Gasteiger partial charge in [0.2, 0.25) is 0 Å². The summed E-state index contributed by atoms with van der Waals surface area (Å²) < 4.78 is 13.1. The highest BCUT2D eigenvalue weighted by Crippen LogP contribution is 2.17. The van der Waals surface area contributed by atoms with Crippen LogP contribution in [0.25, 0.3) is 11.4 Å². The van der Waals surface area contributed by atoms with Crippen LogP contribution in [0.15, 0.2) is 30.3 Å². The van der Waals surface area contributed by atoms with Gasteiger partial charge in [-0.05, 0) is 25.1 Å². The average molecular weight is 237 g/mol. The van der Waals surface area contributed by atoms with E-state index in [0.717, 1.165) is 11.4 Å². The summed E-state index contributed by atoms with van der Waals surface area (Å²) in [5.41, 5.74) is 2.23. The summed E-state index contributed by atoms with van der Waals surface area (Å²) in [5, 5.41) is 0. The second kappa shape index (κ2) is 4.58. The molecule has 1 heterocycles. The number of alkyl halides is 1. The van der Waals surface area contributed by atoms with Gasteiger partial charge in [-0.1, -0.05) is 12.1 Å². The lowest BCUT2D eigenvalue weighted by atomic mass is 10.2. The molecular weight excluding hydrogens is 227 g/mol. The smallest absolute Gasteiger partial charge is 0.159 e. The summed E-state index contributed by atoms with van der Waals surface area (Å²) in [6.45, 7) is 1.86. The first-order chi connectivity index (χ1) is 7.69. The molecule has 0 saturated heterocycles. The molecule has 16 heavy (non-hydrogen) atoms. The molecule has 0 aliphatic rings. The van der Waals surface area contributed by atoms with Crippen molar-refractivity contribution < 1.29 is 4.39 Å². The fourth-order valence-corrected chi connectivity index (χ4v) is 1.60. The molecule has 0 N–H and O–H groups in total. The zero-order valence-electron chi connectivity index (χ0n) is 8.74. The van der Waals surface area contributed by atoms with Gasteiger partial charge in [-0.15, -0.1) is 11.6 Å². The van der Waals surface area contributed by atoms with Crippen molar-refractivity contribution in [2.24, 2.45) is 0 Å². The molecular formula is C12H10ClFN2. The highest BCUT2D eigenvalue weighted by molar-refractivity contribution is 6.16. The van der Waals surface area contributed by atoms with Crippen LogP contribution < -0.4 is 0 Å². The Kier molecular flexibility index (Phi) is 3.15. The third-order valence-electron chi connectivity index (χ3n) is 2.13. The largest absolute Gasteiger partial charge is 0.233 e. The van der Waals surface area contributed by atoms with Crippen LogP contribution in [-0.4, -0.2) is 9.97 Å². The Bertz CT molecular complexity index is 514. The Morgan fingerprint density at radius 3 is 2.75 bits per heavy atom. The zero-order chi connectivity index (χ0) is 11.5. The Morgan fingerprint density at radius 1 is 1.25 bits per heavy atom. The van der Waals surface area contributed by atoms with Crippen LogP contribution >= 0.6 is 11.6 Å². The molecule has 1 aromatic carbocycles. The number of rotatable bonds is 2. The first kappa shape index (κ1) is 11.0. The monoisotopic (exact) mass is 236 g/mol. The molecule has 82 valence electrons. The normalized spacial score (nSPS) is 10.4. The first-order valence-electron chi connectivity index (χ1n) is 4.85. The lowest BCUT2D eigenvalue weighted by molar-refractivity contribution is 0.628. The van der Waals surface area contributed by atoms with Gasteiger partial charge >= 0.3 is 0 Å². The van der Waals surface area contributed by atoms with Gasteiger partial charge in [0.25, 0.3) is 0 Å². The van der Waals surface area contributed by atoms with Gasteiger partial charge in [-0.3, -0.25) is 0 Å². The van der Waals surface area contributed by atoms with Gasteiger partial charge < -0.3 is 0 Å². The summed E-state index contributed by atoms with van der Waals surface area (Å²) >= 11 is 5.73. The van der Waals surface area contributed by atoms with Gasteiger partial charge in [-0.2, -0.15) is 0 Å². The predicted octanol–water partition coefficient (Wildman–Crippen LogP) is 3.33. The molecule has 4 heteroatoms. The molecule has 2 rings (SSSR count). The van der Waals surface area contributed by atoms with Crippen molar-refractivity contribution in [1.82, 2.24) is 9.97 Å². The van der Waals surface area contributed by atoms with Crippen molar-refractivity contribution in [1.29, 1.82) is 0 Å². The third kappa shape index (κ3) is 2.36. The molecule has 0 amide bonds.